The van der Waals surface area contributed by atoms with Crippen LogP contribution in [0.1, 0.15) is 37.7 Å². The van der Waals surface area contributed by atoms with E-state index in [-0.39, 0.29) is 17.5 Å². The number of benzene rings is 2. The van der Waals surface area contributed by atoms with Crippen LogP contribution in [0.15, 0.2) is 53.4 Å². The average molecular weight is 446 g/mol. The van der Waals surface area contributed by atoms with E-state index in [2.05, 4.69) is 9.62 Å². The highest BCUT2D eigenvalue weighted by Gasteiger charge is 2.32. The van der Waals surface area contributed by atoms with Crippen LogP contribution in [0.4, 0.5) is 11.4 Å². The molecule has 1 unspecified atom stereocenters. The minimum absolute atomic E-state index is 0.107. The van der Waals surface area contributed by atoms with E-state index in [4.69, 9.17) is 10.5 Å². The molecule has 0 aromatic heterocycles. The molecular weight excluding hydrogens is 414 g/mol. The summed E-state index contributed by atoms with van der Waals surface area (Å²) >= 11 is 0. The molecule has 31 heavy (non-hydrogen) atoms. The Bertz CT molecular complexity index is 986. The van der Waals surface area contributed by atoms with E-state index < -0.39 is 22.0 Å². The molecule has 1 fully saturated rings. The minimum Gasteiger partial charge on any atom is -0.468 e. The summed E-state index contributed by atoms with van der Waals surface area (Å²) in [5, 5.41) is 0. The highest BCUT2D eigenvalue weighted by atomic mass is 32.2. The zero-order chi connectivity index (χ0) is 22.4. The number of nitrogens with one attached hydrogen (secondary N) is 1. The molecule has 0 heterocycles. The monoisotopic (exact) mass is 445 g/mol. The van der Waals surface area contributed by atoms with Crippen molar-refractivity contribution in [2.45, 2.75) is 56.0 Å². The Morgan fingerprint density at radius 3 is 2.39 bits per heavy atom. The van der Waals surface area contributed by atoms with Crippen molar-refractivity contribution >= 4 is 27.4 Å². The lowest BCUT2D eigenvalue weighted by molar-refractivity contribution is -0.142. The number of nitrogens with two attached hydrogens (primary N) is 1. The molecule has 0 radical (unpaired) electrons. The number of carbonyl (C=O) groups is 1. The summed E-state index contributed by atoms with van der Waals surface area (Å²) in [5.41, 5.74) is 8.60. The molecule has 0 aliphatic heterocycles. The molecule has 168 valence electrons. The molecule has 1 aliphatic rings. The Kier molecular flexibility index (Phi) is 7.56. The number of hydrogen-bond acceptors (Lipinski definition) is 6. The van der Waals surface area contributed by atoms with Crippen molar-refractivity contribution in [3.63, 3.8) is 0 Å². The standard InChI is InChI=1S/C23H31N3O4S/c1-17-12-14-19(15-13-17)31(28,29)25-21(23(27)30-2)16-26(18-8-4-3-5-9-18)22-11-7-6-10-20(22)24/h6-7,10-15,18,21,25H,3-5,8-9,16,24H2,1-2H3. The second-order valence-electron chi connectivity index (χ2n) is 8.01. The van der Waals surface area contributed by atoms with Crippen LogP contribution in [0.2, 0.25) is 0 Å². The molecule has 1 saturated carbocycles. The van der Waals surface area contributed by atoms with Crippen molar-refractivity contribution in [1.82, 2.24) is 4.72 Å². The normalized spacial score (nSPS) is 15.9. The smallest absolute Gasteiger partial charge is 0.325 e. The molecule has 0 amide bonds. The Balaban J connectivity index is 1.91. The molecule has 0 bridgehead atoms. The van der Waals surface area contributed by atoms with Gasteiger partial charge in [0.1, 0.15) is 6.04 Å². The van der Waals surface area contributed by atoms with Crippen molar-refractivity contribution in [2.24, 2.45) is 0 Å². The van der Waals surface area contributed by atoms with E-state index in [0.717, 1.165) is 36.9 Å². The first-order valence-electron chi connectivity index (χ1n) is 10.6. The summed E-state index contributed by atoms with van der Waals surface area (Å²) in [6, 6.07) is 13.1. The molecule has 0 spiro atoms. The maximum atomic E-state index is 13.0. The second-order valence-corrected chi connectivity index (χ2v) is 9.73. The number of nitrogen functional groups attached to an aromatic ring is 1. The van der Waals surface area contributed by atoms with Crippen molar-refractivity contribution in [3.05, 3.63) is 54.1 Å². The van der Waals surface area contributed by atoms with E-state index in [9.17, 15) is 13.2 Å². The molecule has 1 aliphatic carbocycles. The van der Waals surface area contributed by atoms with Gasteiger partial charge in [0.2, 0.25) is 10.0 Å². The predicted molar refractivity (Wildman–Crippen MR) is 122 cm³/mol. The van der Waals surface area contributed by atoms with Crippen molar-refractivity contribution in [1.29, 1.82) is 0 Å². The molecule has 8 heteroatoms. The SMILES string of the molecule is COC(=O)C(CN(c1ccccc1N)C1CCCCC1)NS(=O)(=O)c1ccc(C)cc1. The Hall–Kier alpha value is -2.58. The minimum atomic E-state index is -3.91. The zero-order valence-electron chi connectivity index (χ0n) is 18.1. The summed E-state index contributed by atoms with van der Waals surface area (Å²) in [4.78, 5) is 14.8. The fourth-order valence-electron chi connectivity index (χ4n) is 4.06. The number of ether oxygens (including phenoxy) is 1. The number of esters is 1. The third-order valence-electron chi connectivity index (χ3n) is 5.76. The van der Waals surface area contributed by atoms with Gasteiger partial charge in [-0.2, -0.15) is 4.72 Å². The first-order valence-corrected chi connectivity index (χ1v) is 12.1. The summed E-state index contributed by atoms with van der Waals surface area (Å²) in [6.07, 6.45) is 5.28. The van der Waals surface area contributed by atoms with Gasteiger partial charge in [0.15, 0.2) is 0 Å². The van der Waals surface area contributed by atoms with Gasteiger partial charge in [0, 0.05) is 12.6 Å². The van der Waals surface area contributed by atoms with Crippen LogP contribution < -0.4 is 15.4 Å². The highest BCUT2D eigenvalue weighted by Crippen LogP contribution is 2.31. The molecule has 7 nitrogen and oxygen atoms in total. The Morgan fingerprint density at radius 1 is 1.13 bits per heavy atom. The molecule has 3 rings (SSSR count). The first-order chi connectivity index (χ1) is 14.8. The number of nitrogens with zero attached hydrogens (tertiary/aromatic N) is 1. The number of aryl methyl sites for hydroxylation is 1. The lowest BCUT2D eigenvalue weighted by atomic mass is 9.93. The molecular formula is C23H31N3O4S. The number of methoxy groups -OCH3 is 1. The molecule has 2 aromatic rings. The summed E-state index contributed by atoms with van der Waals surface area (Å²) < 4.78 is 33.4. The van der Waals surface area contributed by atoms with Crippen LogP contribution in [0.3, 0.4) is 0 Å². The van der Waals surface area contributed by atoms with Gasteiger partial charge in [-0.1, -0.05) is 49.1 Å². The van der Waals surface area contributed by atoms with Crippen molar-refractivity contribution in [2.75, 3.05) is 24.3 Å². The van der Waals surface area contributed by atoms with Gasteiger partial charge in [-0.15, -0.1) is 0 Å². The van der Waals surface area contributed by atoms with E-state index in [1.807, 2.05) is 31.2 Å². The van der Waals surface area contributed by atoms with Crippen LogP contribution in [0.25, 0.3) is 0 Å². The summed E-state index contributed by atoms with van der Waals surface area (Å²) in [6.45, 7) is 2.02. The van der Waals surface area contributed by atoms with Gasteiger partial charge in [0.25, 0.3) is 0 Å². The fraction of sp³-hybridized carbons (Fsp3) is 0.435. The van der Waals surface area contributed by atoms with Gasteiger partial charge in [0.05, 0.1) is 23.4 Å². The van der Waals surface area contributed by atoms with E-state index in [1.165, 1.54) is 25.7 Å². The first kappa shape index (κ1) is 23.1. The van der Waals surface area contributed by atoms with Crippen LogP contribution >= 0.6 is 0 Å². The lowest BCUT2D eigenvalue weighted by Gasteiger charge is -2.38. The number of rotatable bonds is 8. The van der Waals surface area contributed by atoms with Crippen molar-refractivity contribution in [3.8, 4) is 0 Å². The predicted octanol–water partition coefficient (Wildman–Crippen LogP) is 3.24. The third-order valence-corrected chi connectivity index (χ3v) is 7.24. The maximum absolute atomic E-state index is 13.0. The molecule has 1 atom stereocenters. The van der Waals surface area contributed by atoms with Gasteiger partial charge in [-0.3, -0.25) is 4.79 Å². The second kappa shape index (κ2) is 10.2. The van der Waals surface area contributed by atoms with E-state index in [1.54, 1.807) is 12.1 Å². The fourth-order valence-corrected chi connectivity index (χ4v) is 5.23. The maximum Gasteiger partial charge on any atom is 0.325 e. The van der Waals surface area contributed by atoms with E-state index in [0.29, 0.717) is 5.69 Å². The van der Waals surface area contributed by atoms with Gasteiger partial charge in [-0.25, -0.2) is 8.42 Å². The Morgan fingerprint density at radius 2 is 1.77 bits per heavy atom. The van der Waals surface area contributed by atoms with Crippen molar-refractivity contribution < 1.29 is 17.9 Å². The largest absolute Gasteiger partial charge is 0.468 e. The molecule has 0 saturated heterocycles. The van der Waals surface area contributed by atoms with Gasteiger partial charge >= 0.3 is 5.97 Å². The third kappa shape index (κ3) is 5.77. The van der Waals surface area contributed by atoms with Crippen LogP contribution in [0.5, 0.6) is 0 Å². The molecule has 3 N–H and O–H groups in total. The lowest BCUT2D eigenvalue weighted by Crippen LogP contribution is -2.52. The summed E-state index contributed by atoms with van der Waals surface area (Å²) in [7, 11) is -2.65. The van der Waals surface area contributed by atoms with Crippen LogP contribution in [-0.4, -0.2) is 40.1 Å². The van der Waals surface area contributed by atoms with Gasteiger partial charge < -0.3 is 15.4 Å². The topological polar surface area (TPSA) is 102 Å². The quantitative estimate of drug-likeness (QED) is 0.478. The van der Waals surface area contributed by atoms with Crippen LogP contribution in [0, 0.1) is 6.92 Å². The zero-order valence-corrected chi connectivity index (χ0v) is 18.9. The number of carbonyl (C=O) groups excluding carboxylic acids is 1. The van der Waals surface area contributed by atoms with Crippen LogP contribution in [-0.2, 0) is 19.6 Å². The molecule has 2 aromatic carbocycles. The number of hydrogen-bond donors (Lipinski definition) is 2. The average Bonchev–Trinajstić information content (AvgIpc) is 2.77. The Labute approximate surface area is 184 Å². The highest BCUT2D eigenvalue weighted by molar-refractivity contribution is 7.89. The van der Waals surface area contributed by atoms with Gasteiger partial charge in [-0.05, 0) is 44.0 Å². The number of para-hydroxylation sites is 2. The summed E-state index contributed by atoms with van der Waals surface area (Å²) in [5.74, 6) is -0.633. The van der Waals surface area contributed by atoms with E-state index >= 15 is 0 Å². The number of sulfonamides is 1. The number of anilines is 2.